The van der Waals surface area contributed by atoms with Gasteiger partial charge in [-0.2, -0.15) is 0 Å². The predicted molar refractivity (Wildman–Crippen MR) is 99.3 cm³/mol. The maximum atomic E-state index is 12.6. The van der Waals surface area contributed by atoms with Crippen LogP contribution in [0.15, 0.2) is 60.8 Å². The van der Waals surface area contributed by atoms with E-state index in [0.29, 0.717) is 18.7 Å². The molecule has 0 atom stereocenters. The number of carbonyl (C=O) groups excluding carboxylic acids is 1. The van der Waals surface area contributed by atoms with Crippen LogP contribution in [0.4, 0.5) is 0 Å². The third kappa shape index (κ3) is 4.22. The molecule has 0 fully saturated rings. The van der Waals surface area contributed by atoms with E-state index in [9.17, 15) is 4.79 Å². The number of pyridine rings is 1. The lowest BCUT2D eigenvalue weighted by molar-refractivity contribution is 0.0951. The van der Waals surface area contributed by atoms with E-state index in [4.69, 9.17) is 4.74 Å². The van der Waals surface area contributed by atoms with E-state index in [-0.39, 0.29) is 5.91 Å². The number of ether oxygens (including phenoxy) is 1. The van der Waals surface area contributed by atoms with Gasteiger partial charge in [-0.15, -0.1) is 0 Å². The Balaban J connectivity index is 1.72. The smallest absolute Gasteiger partial charge is 0.252 e. The Bertz CT molecular complexity index is 856. The number of fused-ring (bicyclic) bond motifs is 1. The van der Waals surface area contributed by atoms with Crippen molar-refractivity contribution in [1.82, 2.24) is 10.3 Å². The van der Waals surface area contributed by atoms with Crippen LogP contribution in [0.5, 0.6) is 0 Å². The third-order valence-electron chi connectivity index (χ3n) is 4.06. The van der Waals surface area contributed by atoms with Gasteiger partial charge in [-0.25, -0.2) is 0 Å². The monoisotopic (exact) mass is 334 g/mol. The lowest BCUT2D eigenvalue weighted by atomic mass is 10.1. The minimum atomic E-state index is -0.0946. The number of aromatic nitrogens is 1. The Morgan fingerprint density at radius 1 is 1.04 bits per heavy atom. The van der Waals surface area contributed by atoms with Gasteiger partial charge in [-0.3, -0.25) is 9.78 Å². The van der Waals surface area contributed by atoms with Gasteiger partial charge in [0.15, 0.2) is 0 Å². The van der Waals surface area contributed by atoms with Crippen LogP contribution in [0.2, 0.25) is 0 Å². The molecule has 1 aromatic heterocycles. The van der Waals surface area contributed by atoms with E-state index in [0.717, 1.165) is 35.1 Å². The third-order valence-corrected chi connectivity index (χ3v) is 4.06. The van der Waals surface area contributed by atoms with Crippen molar-refractivity contribution >= 4 is 16.8 Å². The largest absolute Gasteiger partial charge is 0.377 e. The van der Waals surface area contributed by atoms with E-state index in [2.05, 4.69) is 17.2 Å². The number of carbonyl (C=O) groups is 1. The zero-order valence-electron chi connectivity index (χ0n) is 14.4. The lowest BCUT2D eigenvalue weighted by Gasteiger charge is -2.12. The Hall–Kier alpha value is -2.72. The van der Waals surface area contributed by atoms with Crippen LogP contribution in [-0.4, -0.2) is 17.5 Å². The van der Waals surface area contributed by atoms with Crippen molar-refractivity contribution in [2.45, 2.75) is 26.5 Å². The molecule has 0 aliphatic rings. The molecule has 1 amide bonds. The topological polar surface area (TPSA) is 51.2 Å². The summed E-state index contributed by atoms with van der Waals surface area (Å²) in [6, 6.07) is 17.5. The van der Waals surface area contributed by atoms with Gasteiger partial charge >= 0.3 is 0 Å². The normalized spacial score (nSPS) is 10.8. The summed E-state index contributed by atoms with van der Waals surface area (Å²) in [4.78, 5) is 16.9. The first-order chi connectivity index (χ1) is 12.3. The molecule has 0 unspecified atom stereocenters. The summed E-state index contributed by atoms with van der Waals surface area (Å²) < 4.78 is 5.64. The SMILES string of the molecule is CCCOCc1ccccc1CNC(=O)c1ccnc2ccccc12. The highest BCUT2D eigenvalue weighted by atomic mass is 16.5. The fourth-order valence-electron chi connectivity index (χ4n) is 2.76. The molecule has 0 spiro atoms. The van der Waals surface area contributed by atoms with E-state index in [1.807, 2.05) is 48.5 Å². The summed E-state index contributed by atoms with van der Waals surface area (Å²) in [5, 5.41) is 3.88. The van der Waals surface area contributed by atoms with Crippen molar-refractivity contribution in [2.24, 2.45) is 0 Å². The van der Waals surface area contributed by atoms with Gasteiger partial charge < -0.3 is 10.1 Å². The maximum Gasteiger partial charge on any atom is 0.252 e. The molecule has 128 valence electrons. The highest BCUT2D eigenvalue weighted by Crippen LogP contribution is 2.16. The molecule has 3 aromatic rings. The Labute approximate surface area is 147 Å². The Morgan fingerprint density at radius 3 is 2.64 bits per heavy atom. The number of amides is 1. The molecule has 4 heteroatoms. The van der Waals surface area contributed by atoms with Crippen molar-refractivity contribution in [2.75, 3.05) is 6.61 Å². The zero-order valence-corrected chi connectivity index (χ0v) is 14.4. The number of nitrogens with zero attached hydrogens (tertiary/aromatic N) is 1. The number of para-hydroxylation sites is 1. The summed E-state index contributed by atoms with van der Waals surface area (Å²) in [6.07, 6.45) is 2.66. The molecule has 0 saturated carbocycles. The highest BCUT2D eigenvalue weighted by Gasteiger charge is 2.11. The van der Waals surface area contributed by atoms with Crippen LogP contribution in [0, 0.1) is 0 Å². The van der Waals surface area contributed by atoms with Gasteiger partial charge in [0.25, 0.3) is 5.91 Å². The van der Waals surface area contributed by atoms with E-state index < -0.39 is 0 Å². The standard InChI is InChI=1S/C21H22N2O2/c1-2-13-25-15-17-8-4-3-7-16(17)14-23-21(24)19-11-12-22-20-10-6-5-9-18(19)20/h3-12H,2,13-15H2,1H3,(H,23,24). The molecule has 1 heterocycles. The number of nitrogens with one attached hydrogen (secondary N) is 1. The number of hydrogen-bond donors (Lipinski definition) is 1. The Kier molecular flexibility index (Phi) is 5.75. The van der Waals surface area contributed by atoms with Gasteiger partial charge in [0, 0.05) is 24.7 Å². The first-order valence-corrected chi connectivity index (χ1v) is 8.56. The van der Waals surface area contributed by atoms with Gasteiger partial charge in [0.2, 0.25) is 0 Å². The van der Waals surface area contributed by atoms with Gasteiger partial charge in [-0.1, -0.05) is 49.4 Å². The van der Waals surface area contributed by atoms with Gasteiger partial charge in [-0.05, 0) is 29.7 Å². The van der Waals surface area contributed by atoms with Crippen molar-refractivity contribution in [3.8, 4) is 0 Å². The van der Waals surface area contributed by atoms with E-state index >= 15 is 0 Å². The summed E-state index contributed by atoms with van der Waals surface area (Å²) in [5.74, 6) is -0.0946. The van der Waals surface area contributed by atoms with Crippen molar-refractivity contribution in [3.05, 3.63) is 77.5 Å². The molecule has 25 heavy (non-hydrogen) atoms. The minimum absolute atomic E-state index is 0.0946. The van der Waals surface area contributed by atoms with Crippen LogP contribution in [0.3, 0.4) is 0 Å². The van der Waals surface area contributed by atoms with Crippen LogP contribution >= 0.6 is 0 Å². The molecule has 0 aliphatic heterocycles. The molecule has 0 bridgehead atoms. The predicted octanol–water partition coefficient (Wildman–Crippen LogP) is 4.09. The summed E-state index contributed by atoms with van der Waals surface area (Å²) in [6.45, 7) is 3.87. The number of rotatable bonds is 7. The molecule has 1 N–H and O–H groups in total. The van der Waals surface area contributed by atoms with Gasteiger partial charge in [0.05, 0.1) is 17.7 Å². The number of benzene rings is 2. The molecule has 0 aliphatic carbocycles. The molecular weight excluding hydrogens is 312 g/mol. The summed E-state index contributed by atoms with van der Waals surface area (Å²) >= 11 is 0. The first-order valence-electron chi connectivity index (χ1n) is 8.56. The van der Waals surface area contributed by atoms with Crippen LogP contribution in [0.1, 0.15) is 34.8 Å². The fraction of sp³-hybridized carbons (Fsp3) is 0.238. The quantitative estimate of drug-likeness (QED) is 0.662. The average molecular weight is 334 g/mol. The van der Waals surface area contributed by atoms with Crippen LogP contribution in [-0.2, 0) is 17.9 Å². The molecule has 2 aromatic carbocycles. The van der Waals surface area contributed by atoms with Crippen LogP contribution < -0.4 is 5.32 Å². The van der Waals surface area contributed by atoms with Crippen molar-refractivity contribution in [1.29, 1.82) is 0 Å². The average Bonchev–Trinajstić information content (AvgIpc) is 2.66. The Morgan fingerprint density at radius 2 is 1.80 bits per heavy atom. The molecular formula is C21H22N2O2. The zero-order chi connectivity index (χ0) is 17.5. The lowest BCUT2D eigenvalue weighted by Crippen LogP contribution is -2.23. The highest BCUT2D eigenvalue weighted by molar-refractivity contribution is 6.05. The molecule has 0 saturated heterocycles. The second-order valence-corrected chi connectivity index (χ2v) is 5.88. The summed E-state index contributed by atoms with van der Waals surface area (Å²) in [7, 11) is 0. The van der Waals surface area contributed by atoms with Crippen LogP contribution in [0.25, 0.3) is 10.9 Å². The second kappa shape index (κ2) is 8.40. The first kappa shape index (κ1) is 17.1. The van der Waals surface area contributed by atoms with Crippen molar-refractivity contribution < 1.29 is 9.53 Å². The minimum Gasteiger partial charge on any atom is -0.377 e. The summed E-state index contributed by atoms with van der Waals surface area (Å²) in [5.41, 5.74) is 3.65. The fourth-order valence-corrected chi connectivity index (χ4v) is 2.76. The van der Waals surface area contributed by atoms with E-state index in [1.165, 1.54) is 0 Å². The maximum absolute atomic E-state index is 12.6. The van der Waals surface area contributed by atoms with Crippen molar-refractivity contribution in [3.63, 3.8) is 0 Å². The molecule has 3 rings (SSSR count). The second-order valence-electron chi connectivity index (χ2n) is 5.88. The number of hydrogen-bond acceptors (Lipinski definition) is 3. The van der Waals surface area contributed by atoms with E-state index in [1.54, 1.807) is 12.3 Å². The molecule has 0 radical (unpaired) electrons. The van der Waals surface area contributed by atoms with Gasteiger partial charge in [0.1, 0.15) is 0 Å². The molecule has 4 nitrogen and oxygen atoms in total.